The van der Waals surface area contributed by atoms with Crippen LogP contribution < -0.4 is 10.2 Å². The number of thiocarbonyl (C=S) groups is 1. The van der Waals surface area contributed by atoms with E-state index in [-0.39, 0.29) is 10.7 Å². The van der Waals surface area contributed by atoms with Crippen molar-refractivity contribution in [1.82, 2.24) is 9.88 Å². The fraction of sp³-hybridized carbons (Fsp3) is 0.125. The van der Waals surface area contributed by atoms with Gasteiger partial charge >= 0.3 is 0 Å². The number of nitrogens with one attached hydrogen (secondary N) is 1. The summed E-state index contributed by atoms with van der Waals surface area (Å²) in [4.78, 5) is 27.2. The van der Waals surface area contributed by atoms with Crippen molar-refractivity contribution >= 4 is 68.4 Å². The molecule has 162 valence electrons. The van der Waals surface area contributed by atoms with E-state index in [0.717, 1.165) is 32.7 Å². The molecule has 0 saturated carbocycles. The molecule has 2 aromatic carbocycles. The maximum absolute atomic E-state index is 13.3. The molecule has 32 heavy (non-hydrogen) atoms. The van der Waals surface area contributed by atoms with Gasteiger partial charge < -0.3 is 4.57 Å². The number of benzene rings is 2. The molecule has 3 aromatic rings. The number of carbonyl (C=O) groups excluding carboxylic acids is 2. The fourth-order valence-corrected chi connectivity index (χ4v) is 4.50. The van der Waals surface area contributed by atoms with Crippen molar-refractivity contribution in [2.24, 2.45) is 0 Å². The van der Waals surface area contributed by atoms with Crippen molar-refractivity contribution in [2.45, 2.75) is 20.8 Å². The third-order valence-electron chi connectivity index (χ3n) is 5.36. The van der Waals surface area contributed by atoms with Gasteiger partial charge in [0.1, 0.15) is 5.57 Å². The molecule has 0 bridgehead atoms. The summed E-state index contributed by atoms with van der Waals surface area (Å²) in [6.45, 7) is 5.97. The van der Waals surface area contributed by atoms with Gasteiger partial charge in [0.05, 0.1) is 10.7 Å². The molecule has 8 heteroatoms. The summed E-state index contributed by atoms with van der Waals surface area (Å²) in [6, 6.07) is 14.9. The number of nitrogens with zero attached hydrogens (tertiary/aromatic N) is 2. The number of hydrogen-bond acceptors (Lipinski definition) is 3. The lowest BCUT2D eigenvalue weighted by atomic mass is 10.1. The van der Waals surface area contributed by atoms with Crippen molar-refractivity contribution < 1.29 is 9.59 Å². The van der Waals surface area contributed by atoms with Gasteiger partial charge in [-0.3, -0.25) is 19.8 Å². The van der Waals surface area contributed by atoms with E-state index in [4.69, 9.17) is 23.8 Å². The minimum atomic E-state index is -0.535. The van der Waals surface area contributed by atoms with Crippen LogP contribution in [0.3, 0.4) is 0 Å². The van der Waals surface area contributed by atoms with Gasteiger partial charge in [-0.25, -0.2) is 0 Å². The van der Waals surface area contributed by atoms with E-state index in [1.54, 1.807) is 30.3 Å². The monoisotopic (exact) mass is 527 g/mol. The topological polar surface area (TPSA) is 54.3 Å². The predicted octanol–water partition coefficient (Wildman–Crippen LogP) is 5.65. The van der Waals surface area contributed by atoms with E-state index in [1.807, 2.05) is 39.0 Å². The molecule has 0 aliphatic carbocycles. The van der Waals surface area contributed by atoms with E-state index in [2.05, 4.69) is 31.9 Å². The van der Waals surface area contributed by atoms with Gasteiger partial charge in [0.25, 0.3) is 11.8 Å². The largest absolute Gasteiger partial charge is 0.318 e. The molecule has 0 unspecified atom stereocenters. The second-order valence-electron chi connectivity index (χ2n) is 7.50. The van der Waals surface area contributed by atoms with Gasteiger partial charge in [-0.2, -0.15) is 0 Å². The Morgan fingerprint density at radius 2 is 1.78 bits per heavy atom. The van der Waals surface area contributed by atoms with E-state index in [0.29, 0.717) is 10.7 Å². The minimum Gasteiger partial charge on any atom is -0.318 e. The van der Waals surface area contributed by atoms with Crippen molar-refractivity contribution in [3.63, 3.8) is 0 Å². The van der Waals surface area contributed by atoms with Crippen molar-refractivity contribution in [3.8, 4) is 5.69 Å². The molecule has 1 fully saturated rings. The number of halogens is 2. The Kier molecular flexibility index (Phi) is 6.07. The van der Waals surface area contributed by atoms with Crippen molar-refractivity contribution in [3.05, 3.63) is 86.1 Å². The molecule has 1 saturated heterocycles. The van der Waals surface area contributed by atoms with Gasteiger partial charge in [0.15, 0.2) is 5.11 Å². The first-order chi connectivity index (χ1) is 15.2. The molecule has 2 heterocycles. The predicted molar refractivity (Wildman–Crippen MR) is 135 cm³/mol. The van der Waals surface area contributed by atoms with Crippen LogP contribution in [0.25, 0.3) is 11.8 Å². The lowest BCUT2D eigenvalue weighted by Gasteiger charge is -2.29. The van der Waals surface area contributed by atoms with Gasteiger partial charge in [0, 0.05) is 21.5 Å². The second-order valence-corrected chi connectivity index (χ2v) is 9.15. The summed E-state index contributed by atoms with van der Waals surface area (Å²) >= 11 is 15.1. The number of hydrogen-bond donors (Lipinski definition) is 1. The maximum atomic E-state index is 13.3. The number of anilines is 1. The summed E-state index contributed by atoms with van der Waals surface area (Å²) in [5.41, 5.74) is 5.20. The second kappa shape index (κ2) is 8.65. The summed E-state index contributed by atoms with van der Waals surface area (Å²) in [5, 5.41) is 2.97. The molecule has 1 aliphatic rings. The van der Waals surface area contributed by atoms with Crippen LogP contribution in [-0.2, 0) is 9.59 Å². The number of rotatable bonds is 3. The molecule has 5 nitrogen and oxygen atoms in total. The fourth-order valence-electron chi connectivity index (χ4n) is 3.76. The van der Waals surface area contributed by atoms with E-state index in [9.17, 15) is 9.59 Å². The van der Waals surface area contributed by atoms with Gasteiger partial charge in [-0.05, 0) is 86.6 Å². The molecule has 0 radical (unpaired) electrons. The number of aryl methyl sites for hydroxylation is 2. The highest BCUT2D eigenvalue weighted by atomic mass is 79.9. The maximum Gasteiger partial charge on any atom is 0.270 e. The molecule has 1 aliphatic heterocycles. The molecule has 4 rings (SSSR count). The molecular weight excluding hydrogens is 510 g/mol. The summed E-state index contributed by atoms with van der Waals surface area (Å²) in [6.07, 6.45) is 1.60. The highest BCUT2D eigenvalue weighted by Crippen LogP contribution is 2.30. The third kappa shape index (κ3) is 3.92. The zero-order valence-electron chi connectivity index (χ0n) is 17.6. The van der Waals surface area contributed by atoms with Crippen molar-refractivity contribution in [1.29, 1.82) is 0 Å². The van der Waals surface area contributed by atoms with Crippen LogP contribution in [0, 0.1) is 20.8 Å². The smallest absolute Gasteiger partial charge is 0.270 e. The van der Waals surface area contributed by atoms with Crippen molar-refractivity contribution in [2.75, 3.05) is 4.90 Å². The SMILES string of the molecule is Cc1cc(-n2c(C)cc(/C=C3\C(=O)NC(=S)N(c4ccccc4Cl)C3=O)c2C)ccc1Br. The van der Waals surface area contributed by atoms with Crippen LogP contribution in [0.2, 0.25) is 5.02 Å². The Morgan fingerprint density at radius 3 is 2.47 bits per heavy atom. The molecule has 0 atom stereocenters. The summed E-state index contributed by atoms with van der Waals surface area (Å²) < 4.78 is 3.12. The van der Waals surface area contributed by atoms with Crippen LogP contribution in [0.1, 0.15) is 22.5 Å². The van der Waals surface area contributed by atoms with Gasteiger partial charge in [-0.15, -0.1) is 0 Å². The van der Waals surface area contributed by atoms with E-state index < -0.39 is 11.8 Å². The molecule has 1 N–H and O–H groups in total. The quantitative estimate of drug-likeness (QED) is 0.272. The lowest BCUT2D eigenvalue weighted by Crippen LogP contribution is -2.54. The van der Waals surface area contributed by atoms with Crippen LogP contribution >= 0.6 is 39.7 Å². The highest BCUT2D eigenvalue weighted by Gasteiger charge is 2.35. The molecule has 2 amide bonds. The molecule has 1 aromatic heterocycles. The Balaban J connectivity index is 1.78. The zero-order chi connectivity index (χ0) is 23.2. The molecule has 0 spiro atoms. The number of amides is 2. The van der Waals surface area contributed by atoms with Gasteiger partial charge in [0.2, 0.25) is 0 Å². The minimum absolute atomic E-state index is 0.000982. The summed E-state index contributed by atoms with van der Waals surface area (Å²) in [7, 11) is 0. The Hall–Kier alpha value is -2.74. The summed E-state index contributed by atoms with van der Waals surface area (Å²) in [5.74, 6) is -1.05. The Bertz CT molecular complexity index is 1330. The number of para-hydroxylation sites is 1. The van der Waals surface area contributed by atoms with E-state index in [1.165, 1.54) is 4.90 Å². The standard InChI is InChI=1S/C24H19BrClN3O2S/c1-13-10-17(8-9-19(13)25)28-14(2)11-16(15(28)3)12-18-22(30)27-24(32)29(23(18)31)21-7-5-4-6-20(21)26/h4-12H,1-3H3,(H,27,30,32)/b18-12+. The Morgan fingerprint density at radius 1 is 1.06 bits per heavy atom. The molecular formula is C24H19BrClN3O2S. The normalized spacial score (nSPS) is 15.5. The first kappa shape index (κ1) is 22.5. The average molecular weight is 529 g/mol. The van der Waals surface area contributed by atoms with E-state index >= 15 is 0 Å². The van der Waals surface area contributed by atoms with Crippen LogP contribution in [0.5, 0.6) is 0 Å². The van der Waals surface area contributed by atoms with Crippen LogP contribution in [0.15, 0.2) is 58.6 Å². The number of carbonyl (C=O) groups is 2. The number of aromatic nitrogens is 1. The highest BCUT2D eigenvalue weighted by molar-refractivity contribution is 9.10. The zero-order valence-corrected chi connectivity index (χ0v) is 20.7. The van der Waals surface area contributed by atoms with Crippen LogP contribution in [-0.4, -0.2) is 21.5 Å². The Labute approximate surface area is 204 Å². The first-order valence-electron chi connectivity index (χ1n) is 9.80. The third-order valence-corrected chi connectivity index (χ3v) is 6.86. The lowest BCUT2D eigenvalue weighted by molar-refractivity contribution is -0.122. The van der Waals surface area contributed by atoms with Crippen LogP contribution in [0.4, 0.5) is 5.69 Å². The van der Waals surface area contributed by atoms with Gasteiger partial charge in [-0.1, -0.05) is 39.7 Å². The average Bonchev–Trinajstić information content (AvgIpc) is 3.01. The first-order valence-corrected chi connectivity index (χ1v) is 11.4.